The molecule has 1 atom stereocenters. The lowest BCUT2D eigenvalue weighted by molar-refractivity contribution is -0.116. The molecule has 3 heteroatoms. The van der Waals surface area contributed by atoms with Gasteiger partial charge in [0.1, 0.15) is 5.75 Å². The van der Waals surface area contributed by atoms with Gasteiger partial charge in [-0.25, -0.2) is 0 Å². The van der Waals surface area contributed by atoms with Crippen LogP contribution in [0.25, 0.3) is 0 Å². The van der Waals surface area contributed by atoms with Crippen LogP contribution in [-0.2, 0) is 17.6 Å². The second-order valence-corrected chi connectivity index (χ2v) is 7.04. The summed E-state index contributed by atoms with van der Waals surface area (Å²) in [5.41, 5.74) is 5.55. The van der Waals surface area contributed by atoms with Gasteiger partial charge in [-0.3, -0.25) is 4.79 Å². The molecule has 0 aromatic heterocycles. The third-order valence-corrected chi connectivity index (χ3v) is 5.44. The van der Waals surface area contributed by atoms with E-state index in [4.69, 9.17) is 0 Å². The predicted molar refractivity (Wildman–Crippen MR) is 99.8 cm³/mol. The van der Waals surface area contributed by atoms with Gasteiger partial charge in [0.05, 0.1) is 11.7 Å². The second kappa shape index (κ2) is 6.40. The highest BCUT2D eigenvalue weighted by molar-refractivity contribution is 5.97. The molecule has 0 saturated heterocycles. The number of benzene rings is 2. The first-order valence-corrected chi connectivity index (χ1v) is 9.04. The van der Waals surface area contributed by atoms with Crippen molar-refractivity contribution in [3.05, 3.63) is 70.9 Å². The fraction of sp³-hybridized carbons (Fsp3) is 0.318. The number of hydrogen-bond acceptors (Lipinski definition) is 3. The Hall–Kier alpha value is -2.55. The Morgan fingerprint density at radius 2 is 1.84 bits per heavy atom. The highest BCUT2D eigenvalue weighted by atomic mass is 16.3. The lowest BCUT2D eigenvalue weighted by Gasteiger charge is -2.37. The van der Waals surface area contributed by atoms with E-state index in [2.05, 4.69) is 23.1 Å². The number of aryl methyl sites for hydroxylation is 1. The van der Waals surface area contributed by atoms with Gasteiger partial charge < -0.3 is 10.0 Å². The van der Waals surface area contributed by atoms with Crippen LogP contribution in [0, 0.1) is 0 Å². The van der Waals surface area contributed by atoms with Crippen LogP contribution in [0.2, 0.25) is 0 Å². The van der Waals surface area contributed by atoms with Crippen LogP contribution in [0.3, 0.4) is 0 Å². The van der Waals surface area contributed by atoms with Gasteiger partial charge in [0, 0.05) is 18.2 Å². The number of rotatable bonds is 2. The summed E-state index contributed by atoms with van der Waals surface area (Å²) in [7, 11) is 0. The Morgan fingerprint density at radius 1 is 1.04 bits per heavy atom. The number of carbonyl (C=O) groups is 1. The van der Waals surface area contributed by atoms with Gasteiger partial charge in [0.2, 0.25) is 0 Å². The van der Waals surface area contributed by atoms with Crippen molar-refractivity contribution in [1.29, 1.82) is 0 Å². The highest BCUT2D eigenvalue weighted by Crippen LogP contribution is 2.41. The van der Waals surface area contributed by atoms with Crippen molar-refractivity contribution in [2.45, 2.75) is 45.1 Å². The lowest BCUT2D eigenvalue weighted by Crippen LogP contribution is -2.32. The molecule has 2 aromatic carbocycles. The third kappa shape index (κ3) is 2.84. The molecule has 1 N–H and O–H groups in total. The fourth-order valence-electron chi connectivity index (χ4n) is 4.11. The summed E-state index contributed by atoms with van der Waals surface area (Å²) in [6.45, 7) is 1.85. The monoisotopic (exact) mass is 333 g/mol. The van der Waals surface area contributed by atoms with E-state index in [0.717, 1.165) is 24.1 Å². The van der Waals surface area contributed by atoms with Gasteiger partial charge >= 0.3 is 0 Å². The number of fused-ring (bicyclic) bond motifs is 1. The van der Waals surface area contributed by atoms with E-state index in [1.807, 2.05) is 31.3 Å². The van der Waals surface area contributed by atoms with E-state index in [1.165, 1.54) is 29.5 Å². The number of allylic oxidation sites excluding steroid dienone is 1. The molecule has 4 rings (SSSR count). The number of para-hydroxylation sites is 2. The molecular formula is C22H23NO2. The summed E-state index contributed by atoms with van der Waals surface area (Å²) >= 11 is 0. The summed E-state index contributed by atoms with van der Waals surface area (Å²) in [5.74, 6) is 0.431. The van der Waals surface area contributed by atoms with E-state index in [9.17, 15) is 9.90 Å². The summed E-state index contributed by atoms with van der Waals surface area (Å²) in [5, 5.41) is 10.4. The first kappa shape index (κ1) is 15.9. The van der Waals surface area contributed by atoms with Crippen LogP contribution in [-0.4, -0.2) is 10.9 Å². The van der Waals surface area contributed by atoms with Crippen molar-refractivity contribution >= 4 is 11.5 Å². The standard InChI is InChI=1S/C22H23NO2/c1-15-14-23(19-11-4-5-12-21(19)24)20(13-22(15)25)18-10-6-8-16-7-2-3-9-17(16)18/h4-6,8,10-12,14,20,24H,2-3,7,9,13H2,1H3/t20-/m0/s1. The van der Waals surface area contributed by atoms with Gasteiger partial charge in [-0.05, 0) is 61.4 Å². The van der Waals surface area contributed by atoms with Crippen molar-refractivity contribution in [2.24, 2.45) is 0 Å². The Morgan fingerprint density at radius 3 is 2.68 bits per heavy atom. The van der Waals surface area contributed by atoms with Gasteiger partial charge in [0.25, 0.3) is 0 Å². The Balaban J connectivity index is 1.85. The van der Waals surface area contributed by atoms with Gasteiger partial charge in [0.15, 0.2) is 5.78 Å². The molecule has 0 saturated carbocycles. The first-order valence-electron chi connectivity index (χ1n) is 9.04. The minimum Gasteiger partial charge on any atom is -0.506 e. The molecule has 0 unspecified atom stereocenters. The summed E-state index contributed by atoms with van der Waals surface area (Å²) < 4.78 is 0. The van der Waals surface area contributed by atoms with Crippen molar-refractivity contribution in [2.75, 3.05) is 4.90 Å². The zero-order valence-corrected chi connectivity index (χ0v) is 14.5. The maximum atomic E-state index is 12.5. The van der Waals surface area contributed by atoms with Crippen LogP contribution >= 0.6 is 0 Å². The van der Waals surface area contributed by atoms with Crippen LogP contribution in [0.4, 0.5) is 5.69 Å². The molecule has 0 amide bonds. The zero-order valence-electron chi connectivity index (χ0n) is 14.5. The van der Waals surface area contributed by atoms with Crippen LogP contribution < -0.4 is 4.90 Å². The third-order valence-electron chi connectivity index (χ3n) is 5.44. The number of phenolic OH excluding ortho intramolecular Hbond substituents is 1. The van der Waals surface area contributed by atoms with Gasteiger partial charge in [-0.15, -0.1) is 0 Å². The number of aromatic hydroxyl groups is 1. The number of anilines is 1. The van der Waals surface area contributed by atoms with Crippen LogP contribution in [0.15, 0.2) is 54.2 Å². The Labute approximate surface area is 148 Å². The lowest BCUT2D eigenvalue weighted by atomic mass is 9.83. The van der Waals surface area contributed by atoms with Crippen molar-refractivity contribution in [3.63, 3.8) is 0 Å². The topological polar surface area (TPSA) is 40.5 Å². The number of ketones is 1. The molecule has 0 spiro atoms. The SMILES string of the molecule is CC1=CN(c2ccccc2O)[C@H](c2cccc3c2CCCC3)CC1=O. The molecule has 128 valence electrons. The average molecular weight is 333 g/mol. The number of hydrogen-bond donors (Lipinski definition) is 1. The number of carbonyl (C=O) groups excluding carboxylic acids is 1. The summed E-state index contributed by atoms with van der Waals surface area (Å²) in [6.07, 6.45) is 6.99. The number of phenols is 1. The molecular weight excluding hydrogens is 310 g/mol. The maximum Gasteiger partial charge on any atom is 0.162 e. The van der Waals surface area contributed by atoms with E-state index in [-0.39, 0.29) is 17.6 Å². The van der Waals surface area contributed by atoms with E-state index >= 15 is 0 Å². The minimum atomic E-state index is -0.0578. The van der Waals surface area contributed by atoms with E-state index in [1.54, 1.807) is 6.07 Å². The fourth-order valence-corrected chi connectivity index (χ4v) is 4.11. The molecule has 2 aromatic rings. The van der Waals surface area contributed by atoms with Crippen LogP contribution in [0.5, 0.6) is 5.75 Å². The highest BCUT2D eigenvalue weighted by Gasteiger charge is 2.31. The molecule has 2 aliphatic rings. The van der Waals surface area contributed by atoms with Gasteiger partial charge in [-0.2, -0.15) is 0 Å². The summed E-state index contributed by atoms with van der Waals surface area (Å²) in [6, 6.07) is 13.8. The molecule has 3 nitrogen and oxygen atoms in total. The molecule has 0 fully saturated rings. The second-order valence-electron chi connectivity index (χ2n) is 7.04. The number of Topliss-reactive ketones (excluding diaryl/α,β-unsaturated/α-hetero) is 1. The molecule has 0 bridgehead atoms. The smallest absolute Gasteiger partial charge is 0.162 e. The largest absolute Gasteiger partial charge is 0.506 e. The molecule has 1 aliphatic carbocycles. The molecule has 25 heavy (non-hydrogen) atoms. The minimum absolute atomic E-state index is 0.0578. The number of nitrogens with zero attached hydrogens (tertiary/aromatic N) is 1. The predicted octanol–water partition coefficient (Wildman–Crippen LogP) is 4.70. The van der Waals surface area contributed by atoms with Crippen molar-refractivity contribution < 1.29 is 9.90 Å². The molecule has 1 heterocycles. The quantitative estimate of drug-likeness (QED) is 0.866. The van der Waals surface area contributed by atoms with E-state index < -0.39 is 0 Å². The normalized spacial score (nSPS) is 20.2. The van der Waals surface area contributed by atoms with Crippen molar-refractivity contribution in [1.82, 2.24) is 0 Å². The van der Waals surface area contributed by atoms with E-state index in [0.29, 0.717) is 6.42 Å². The Kier molecular flexibility index (Phi) is 4.08. The average Bonchev–Trinajstić information content (AvgIpc) is 2.64. The Bertz CT molecular complexity index is 853. The van der Waals surface area contributed by atoms with Gasteiger partial charge in [-0.1, -0.05) is 30.3 Å². The molecule has 0 radical (unpaired) electrons. The van der Waals surface area contributed by atoms with Crippen molar-refractivity contribution in [3.8, 4) is 5.75 Å². The summed E-state index contributed by atoms with van der Waals surface area (Å²) in [4.78, 5) is 14.5. The zero-order chi connectivity index (χ0) is 17.4. The maximum absolute atomic E-state index is 12.5. The molecule has 1 aliphatic heterocycles. The first-order chi connectivity index (χ1) is 12.1. The van der Waals surface area contributed by atoms with Crippen LogP contribution in [0.1, 0.15) is 48.9 Å².